The summed E-state index contributed by atoms with van der Waals surface area (Å²) in [4.78, 5) is 8.82. The second-order valence-electron chi connectivity index (χ2n) is 6.80. The molecule has 2 aliphatic rings. The molecule has 0 amide bonds. The molecule has 2 aliphatic carbocycles. The van der Waals surface area contributed by atoms with Crippen LogP contribution in [0, 0.1) is 5.41 Å². The van der Waals surface area contributed by atoms with Gasteiger partial charge in [0.15, 0.2) is 5.13 Å². The van der Waals surface area contributed by atoms with Gasteiger partial charge in [0.2, 0.25) is 0 Å². The molecule has 0 aromatic carbocycles. The Morgan fingerprint density at radius 1 is 1.42 bits per heavy atom. The van der Waals surface area contributed by atoms with Gasteiger partial charge in [-0.15, -0.1) is 0 Å². The predicted molar refractivity (Wildman–Crippen MR) is 82.1 cm³/mol. The van der Waals surface area contributed by atoms with Crippen molar-refractivity contribution in [1.29, 1.82) is 0 Å². The van der Waals surface area contributed by atoms with Crippen LogP contribution in [0.5, 0.6) is 0 Å². The molecule has 0 bridgehead atoms. The highest BCUT2D eigenvalue weighted by Gasteiger charge is 2.36. The number of thiazole rings is 1. The van der Waals surface area contributed by atoms with Crippen molar-refractivity contribution in [1.82, 2.24) is 10.3 Å². The van der Waals surface area contributed by atoms with E-state index in [1.54, 1.807) is 0 Å². The summed E-state index contributed by atoms with van der Waals surface area (Å²) in [6, 6.07) is 1.25. The zero-order chi connectivity index (χ0) is 13.6. The van der Waals surface area contributed by atoms with Gasteiger partial charge in [-0.3, -0.25) is 0 Å². The summed E-state index contributed by atoms with van der Waals surface area (Å²) in [6.07, 6.45) is 5.02. The molecular formula is C15H25N3S. The van der Waals surface area contributed by atoms with Crippen LogP contribution < -0.4 is 10.2 Å². The molecule has 1 aromatic heterocycles. The molecule has 1 N–H and O–H groups in total. The average Bonchev–Trinajstić information content (AvgIpc) is 3.08. The largest absolute Gasteiger partial charge is 0.348 e. The van der Waals surface area contributed by atoms with Crippen LogP contribution in [0.25, 0.3) is 0 Å². The van der Waals surface area contributed by atoms with E-state index in [2.05, 4.69) is 38.0 Å². The molecular weight excluding hydrogens is 254 g/mol. The lowest BCUT2D eigenvalue weighted by molar-refractivity contribution is 0.260. The predicted octanol–water partition coefficient (Wildman–Crippen LogP) is 3.36. The van der Waals surface area contributed by atoms with Gasteiger partial charge in [-0.1, -0.05) is 32.1 Å². The molecule has 3 nitrogen and oxygen atoms in total. The lowest BCUT2D eigenvalue weighted by atomic mass is 9.76. The van der Waals surface area contributed by atoms with Gasteiger partial charge in [0.1, 0.15) is 0 Å². The zero-order valence-electron chi connectivity index (χ0n) is 12.5. The molecule has 1 fully saturated rings. The first kappa shape index (κ1) is 13.4. The molecule has 19 heavy (non-hydrogen) atoms. The minimum Gasteiger partial charge on any atom is -0.348 e. The van der Waals surface area contributed by atoms with Crippen molar-refractivity contribution in [2.75, 3.05) is 18.5 Å². The normalized spacial score (nSPS) is 25.2. The maximum atomic E-state index is 4.94. The van der Waals surface area contributed by atoms with E-state index < -0.39 is 0 Å². The summed E-state index contributed by atoms with van der Waals surface area (Å²) in [5, 5.41) is 4.88. The van der Waals surface area contributed by atoms with Crippen LogP contribution in [0.1, 0.15) is 56.6 Å². The summed E-state index contributed by atoms with van der Waals surface area (Å²) in [7, 11) is 2.20. The molecule has 3 rings (SSSR count). The third-order valence-electron chi connectivity index (χ3n) is 4.28. The van der Waals surface area contributed by atoms with Crippen molar-refractivity contribution in [3.05, 3.63) is 10.6 Å². The highest BCUT2D eigenvalue weighted by Crippen LogP contribution is 2.45. The second kappa shape index (κ2) is 4.74. The third-order valence-corrected chi connectivity index (χ3v) is 5.58. The fourth-order valence-electron chi connectivity index (χ4n) is 3.10. The van der Waals surface area contributed by atoms with E-state index in [9.17, 15) is 0 Å². The second-order valence-corrected chi connectivity index (χ2v) is 7.81. The van der Waals surface area contributed by atoms with Gasteiger partial charge in [-0.05, 0) is 37.6 Å². The molecule has 4 heteroatoms. The Balaban J connectivity index is 1.90. The fourth-order valence-corrected chi connectivity index (χ4v) is 4.29. The van der Waals surface area contributed by atoms with E-state index in [-0.39, 0.29) is 0 Å². The number of hydrogen-bond donors (Lipinski definition) is 1. The van der Waals surface area contributed by atoms with E-state index in [1.165, 1.54) is 35.0 Å². The van der Waals surface area contributed by atoms with Crippen LogP contribution in [0.15, 0.2) is 0 Å². The van der Waals surface area contributed by atoms with Crippen molar-refractivity contribution in [3.8, 4) is 0 Å². The topological polar surface area (TPSA) is 28.2 Å². The van der Waals surface area contributed by atoms with Crippen LogP contribution in [-0.4, -0.2) is 24.6 Å². The summed E-state index contributed by atoms with van der Waals surface area (Å²) >= 11 is 1.91. The quantitative estimate of drug-likeness (QED) is 0.916. The Hall–Kier alpha value is -0.610. The maximum absolute atomic E-state index is 4.94. The number of hydrogen-bond acceptors (Lipinski definition) is 4. The van der Waals surface area contributed by atoms with Crippen LogP contribution in [0.2, 0.25) is 0 Å². The zero-order valence-corrected chi connectivity index (χ0v) is 13.3. The molecule has 0 spiro atoms. The van der Waals surface area contributed by atoms with Gasteiger partial charge in [0.05, 0.1) is 5.69 Å². The number of fused-ring (bicyclic) bond motifs is 1. The molecule has 1 aromatic rings. The number of rotatable bonds is 4. The molecule has 1 heterocycles. The monoisotopic (exact) mass is 279 g/mol. The first-order valence-corrected chi connectivity index (χ1v) is 8.27. The average molecular weight is 279 g/mol. The SMILES string of the molecule is CCNC1CC(C)(C)Cc2nc(N(C)C3CC3)sc21. The Kier molecular flexibility index (Phi) is 3.34. The number of aromatic nitrogens is 1. The third kappa shape index (κ3) is 2.65. The van der Waals surface area contributed by atoms with Crippen molar-refractivity contribution in [3.63, 3.8) is 0 Å². The van der Waals surface area contributed by atoms with Crippen molar-refractivity contribution in [2.45, 2.75) is 58.5 Å². The lowest BCUT2D eigenvalue weighted by Gasteiger charge is -2.34. The molecule has 1 saturated carbocycles. The van der Waals surface area contributed by atoms with E-state index in [0.29, 0.717) is 11.5 Å². The van der Waals surface area contributed by atoms with E-state index >= 15 is 0 Å². The lowest BCUT2D eigenvalue weighted by Crippen LogP contribution is -2.32. The summed E-state index contributed by atoms with van der Waals surface area (Å²) in [5.74, 6) is 0. The number of nitrogens with one attached hydrogen (secondary N) is 1. The van der Waals surface area contributed by atoms with Crippen LogP contribution in [0.3, 0.4) is 0 Å². The Bertz CT molecular complexity index is 462. The summed E-state index contributed by atoms with van der Waals surface area (Å²) in [5.41, 5.74) is 1.71. The number of anilines is 1. The Labute approximate surface area is 120 Å². The van der Waals surface area contributed by atoms with E-state index in [1.807, 2.05) is 11.3 Å². The van der Waals surface area contributed by atoms with Crippen molar-refractivity contribution < 1.29 is 0 Å². The summed E-state index contributed by atoms with van der Waals surface area (Å²) < 4.78 is 0. The Morgan fingerprint density at radius 3 is 2.79 bits per heavy atom. The molecule has 0 radical (unpaired) electrons. The van der Waals surface area contributed by atoms with Gasteiger partial charge in [0, 0.05) is 24.0 Å². The smallest absolute Gasteiger partial charge is 0.185 e. The molecule has 0 aliphatic heterocycles. The van der Waals surface area contributed by atoms with Gasteiger partial charge in [-0.25, -0.2) is 4.98 Å². The highest BCUT2D eigenvalue weighted by atomic mass is 32.1. The molecule has 106 valence electrons. The van der Waals surface area contributed by atoms with Crippen molar-refractivity contribution in [2.24, 2.45) is 5.41 Å². The van der Waals surface area contributed by atoms with E-state index in [0.717, 1.165) is 19.0 Å². The molecule has 0 saturated heterocycles. The van der Waals surface area contributed by atoms with Crippen molar-refractivity contribution >= 4 is 16.5 Å². The van der Waals surface area contributed by atoms with Gasteiger partial charge in [0.25, 0.3) is 0 Å². The number of nitrogens with zero attached hydrogens (tertiary/aromatic N) is 2. The first-order chi connectivity index (χ1) is 9.00. The maximum Gasteiger partial charge on any atom is 0.185 e. The molecule has 1 unspecified atom stereocenters. The molecule has 1 atom stereocenters. The van der Waals surface area contributed by atoms with Gasteiger partial charge >= 0.3 is 0 Å². The minimum absolute atomic E-state index is 0.364. The summed E-state index contributed by atoms with van der Waals surface area (Å²) in [6.45, 7) is 7.96. The standard InChI is InChI=1S/C15H25N3S/c1-5-16-11-8-15(2,3)9-12-13(11)19-14(17-12)18(4)10-6-7-10/h10-11,16H,5-9H2,1-4H3. The van der Waals surface area contributed by atoms with Gasteiger partial charge < -0.3 is 10.2 Å². The van der Waals surface area contributed by atoms with Crippen LogP contribution in [-0.2, 0) is 6.42 Å². The fraction of sp³-hybridized carbons (Fsp3) is 0.800. The van der Waals surface area contributed by atoms with E-state index in [4.69, 9.17) is 4.98 Å². The van der Waals surface area contributed by atoms with Crippen LogP contribution in [0.4, 0.5) is 5.13 Å². The van der Waals surface area contributed by atoms with Crippen LogP contribution >= 0.6 is 11.3 Å². The first-order valence-electron chi connectivity index (χ1n) is 7.46. The van der Waals surface area contributed by atoms with Gasteiger partial charge in [-0.2, -0.15) is 0 Å². The minimum atomic E-state index is 0.364. The highest BCUT2D eigenvalue weighted by molar-refractivity contribution is 7.15. The Morgan fingerprint density at radius 2 is 2.16 bits per heavy atom.